The first kappa shape index (κ1) is 24.2. The Morgan fingerprint density at radius 3 is 2.56 bits per heavy atom. The molecule has 0 fully saturated rings. The summed E-state index contributed by atoms with van der Waals surface area (Å²) < 4.78 is 11.6. The average molecular weight is 460 g/mol. The van der Waals surface area contributed by atoms with Gasteiger partial charge >= 0.3 is 0 Å². The fourth-order valence-electron chi connectivity index (χ4n) is 3.34. The summed E-state index contributed by atoms with van der Waals surface area (Å²) >= 11 is 0. The van der Waals surface area contributed by atoms with E-state index >= 15 is 0 Å². The largest absolute Gasteiger partial charge is 0.493 e. The zero-order chi connectivity index (χ0) is 24.3. The number of hydrazone groups is 1. The maximum absolute atomic E-state index is 12.2. The van der Waals surface area contributed by atoms with Gasteiger partial charge in [-0.2, -0.15) is 5.10 Å². The predicted molar refractivity (Wildman–Crippen MR) is 130 cm³/mol. The number of allylic oxidation sites excluding steroid dienone is 1. The Balaban J connectivity index is 1.72. The second-order valence-corrected chi connectivity index (χ2v) is 7.33. The Morgan fingerprint density at radius 1 is 1.12 bits per heavy atom. The van der Waals surface area contributed by atoms with Gasteiger partial charge in [0.25, 0.3) is 5.69 Å². The van der Waals surface area contributed by atoms with E-state index in [2.05, 4.69) is 17.1 Å². The van der Waals surface area contributed by atoms with Crippen LogP contribution in [0.1, 0.15) is 22.3 Å². The molecule has 8 heteroatoms. The molecular formula is C26H25N3O5. The van der Waals surface area contributed by atoms with Gasteiger partial charge in [-0.1, -0.05) is 54.6 Å². The van der Waals surface area contributed by atoms with E-state index < -0.39 is 10.8 Å². The van der Waals surface area contributed by atoms with Crippen LogP contribution in [0, 0.1) is 10.1 Å². The van der Waals surface area contributed by atoms with Crippen molar-refractivity contribution in [1.82, 2.24) is 5.43 Å². The molecule has 0 aromatic heterocycles. The van der Waals surface area contributed by atoms with Crippen LogP contribution in [0.4, 0.5) is 5.69 Å². The van der Waals surface area contributed by atoms with Gasteiger partial charge in [0.05, 0.1) is 24.7 Å². The van der Waals surface area contributed by atoms with Crippen LogP contribution in [0.5, 0.6) is 11.5 Å². The van der Waals surface area contributed by atoms with E-state index in [9.17, 15) is 14.9 Å². The maximum atomic E-state index is 12.2. The van der Waals surface area contributed by atoms with Gasteiger partial charge in [0, 0.05) is 17.2 Å². The molecule has 0 aliphatic heterocycles. The molecule has 0 bridgehead atoms. The van der Waals surface area contributed by atoms with E-state index in [1.165, 1.54) is 12.3 Å². The zero-order valence-electron chi connectivity index (χ0n) is 18.8. The Bertz CT molecular complexity index is 1190. The maximum Gasteiger partial charge on any atom is 0.273 e. The van der Waals surface area contributed by atoms with Crippen LogP contribution in [-0.2, 0) is 24.2 Å². The highest BCUT2D eigenvalue weighted by molar-refractivity contribution is 5.85. The normalized spacial score (nSPS) is 10.6. The van der Waals surface area contributed by atoms with Gasteiger partial charge in [-0.25, -0.2) is 5.43 Å². The van der Waals surface area contributed by atoms with Gasteiger partial charge in [0.15, 0.2) is 11.5 Å². The van der Waals surface area contributed by atoms with E-state index in [0.29, 0.717) is 35.7 Å². The minimum absolute atomic E-state index is 0.105. The van der Waals surface area contributed by atoms with Crippen molar-refractivity contribution in [2.75, 3.05) is 7.11 Å². The van der Waals surface area contributed by atoms with E-state index in [0.717, 1.165) is 11.1 Å². The van der Waals surface area contributed by atoms with Crippen molar-refractivity contribution in [3.63, 3.8) is 0 Å². The number of nitro benzene ring substituents is 1. The second-order valence-electron chi connectivity index (χ2n) is 7.33. The van der Waals surface area contributed by atoms with Crippen molar-refractivity contribution in [3.05, 3.63) is 112 Å². The predicted octanol–water partition coefficient (Wildman–Crippen LogP) is 4.60. The van der Waals surface area contributed by atoms with Gasteiger partial charge in [0.1, 0.15) is 6.61 Å². The first-order valence-corrected chi connectivity index (χ1v) is 10.5. The monoisotopic (exact) mass is 459 g/mol. The van der Waals surface area contributed by atoms with Crippen molar-refractivity contribution in [2.24, 2.45) is 5.10 Å². The number of ether oxygens (including phenoxy) is 2. The number of nitrogens with one attached hydrogen (secondary N) is 1. The summed E-state index contributed by atoms with van der Waals surface area (Å²) in [5.74, 6) is 0.679. The number of carbonyl (C=O) groups excluding carboxylic acids is 1. The summed E-state index contributed by atoms with van der Waals surface area (Å²) in [6.07, 6.45) is 3.63. The molecule has 0 unspecified atom stereocenters. The molecule has 8 nitrogen and oxygen atoms in total. The van der Waals surface area contributed by atoms with E-state index in [1.807, 2.05) is 36.4 Å². The van der Waals surface area contributed by atoms with Crippen molar-refractivity contribution < 1.29 is 19.2 Å². The first-order valence-electron chi connectivity index (χ1n) is 10.5. The third-order valence-electron chi connectivity index (χ3n) is 4.91. The highest BCUT2D eigenvalue weighted by Gasteiger charge is 2.15. The molecule has 1 amide bonds. The molecule has 0 aliphatic rings. The Labute approximate surface area is 197 Å². The van der Waals surface area contributed by atoms with Crippen LogP contribution in [0.2, 0.25) is 0 Å². The molecule has 0 radical (unpaired) electrons. The summed E-state index contributed by atoms with van der Waals surface area (Å²) in [5.41, 5.74) is 5.20. The van der Waals surface area contributed by atoms with E-state index in [-0.39, 0.29) is 12.1 Å². The number of hydrogen-bond acceptors (Lipinski definition) is 6. The van der Waals surface area contributed by atoms with Gasteiger partial charge in [-0.05, 0) is 29.7 Å². The molecule has 3 rings (SSSR count). The summed E-state index contributed by atoms with van der Waals surface area (Å²) in [5, 5.41) is 15.1. The van der Waals surface area contributed by atoms with Crippen molar-refractivity contribution in [1.29, 1.82) is 0 Å². The van der Waals surface area contributed by atoms with Crippen LogP contribution in [0.3, 0.4) is 0 Å². The summed E-state index contributed by atoms with van der Waals surface area (Å²) in [6.45, 7) is 4.20. The van der Waals surface area contributed by atoms with Crippen molar-refractivity contribution in [3.8, 4) is 11.5 Å². The Hall–Kier alpha value is -4.46. The molecule has 34 heavy (non-hydrogen) atoms. The fraction of sp³-hybridized carbons (Fsp3) is 0.154. The molecule has 0 spiro atoms. The molecule has 0 saturated carbocycles. The third kappa shape index (κ3) is 6.52. The molecule has 0 saturated heterocycles. The highest BCUT2D eigenvalue weighted by Crippen LogP contribution is 2.34. The number of hydrogen-bond donors (Lipinski definition) is 1. The zero-order valence-corrected chi connectivity index (χ0v) is 18.8. The van der Waals surface area contributed by atoms with Crippen molar-refractivity contribution >= 4 is 17.8 Å². The quantitative estimate of drug-likeness (QED) is 0.195. The Morgan fingerprint density at radius 2 is 1.85 bits per heavy atom. The van der Waals surface area contributed by atoms with Crippen LogP contribution in [0.25, 0.3) is 0 Å². The number of nitrogens with zero attached hydrogens (tertiary/aromatic N) is 2. The molecule has 3 aromatic carbocycles. The Kier molecular flexibility index (Phi) is 8.51. The van der Waals surface area contributed by atoms with Gasteiger partial charge in [-0.3, -0.25) is 14.9 Å². The summed E-state index contributed by atoms with van der Waals surface area (Å²) in [4.78, 5) is 22.8. The van der Waals surface area contributed by atoms with E-state index in [1.54, 1.807) is 37.5 Å². The van der Waals surface area contributed by atoms with E-state index in [4.69, 9.17) is 9.47 Å². The van der Waals surface area contributed by atoms with Crippen molar-refractivity contribution in [2.45, 2.75) is 19.4 Å². The molecule has 0 heterocycles. The number of carbonyl (C=O) groups is 1. The van der Waals surface area contributed by atoms with Gasteiger partial charge in [0.2, 0.25) is 5.91 Å². The highest BCUT2D eigenvalue weighted by atomic mass is 16.6. The second kappa shape index (κ2) is 12.0. The minimum Gasteiger partial charge on any atom is -0.493 e. The first-order chi connectivity index (χ1) is 16.5. The number of benzene rings is 3. The summed E-state index contributed by atoms with van der Waals surface area (Å²) in [6, 6.07) is 19.5. The lowest BCUT2D eigenvalue weighted by Crippen LogP contribution is -2.20. The lowest BCUT2D eigenvalue weighted by atomic mass is 10.1. The summed E-state index contributed by atoms with van der Waals surface area (Å²) in [7, 11) is 1.55. The molecular weight excluding hydrogens is 434 g/mol. The topological polar surface area (TPSA) is 103 Å². The minimum atomic E-state index is -0.513. The standard InChI is InChI=1S/C26H25N3O5/c1-3-9-22-14-20(15-24(33-2)26(22)34-18-19-10-5-4-6-11-19)17-27-28-25(30)16-21-12-7-8-13-23(21)29(31)32/h3-8,10-15,17H,1,9,16,18H2,2H3,(H,28,30). The smallest absolute Gasteiger partial charge is 0.273 e. The van der Waals surface area contributed by atoms with Crippen LogP contribution < -0.4 is 14.9 Å². The number of rotatable bonds is 11. The SMILES string of the molecule is C=CCc1cc(C=NNC(=O)Cc2ccccc2[N+](=O)[O-])cc(OC)c1OCc1ccccc1. The number of methoxy groups -OCH3 is 1. The van der Waals surface area contributed by atoms with Gasteiger partial charge in [-0.15, -0.1) is 6.58 Å². The third-order valence-corrected chi connectivity index (χ3v) is 4.91. The molecule has 3 aromatic rings. The molecule has 0 atom stereocenters. The lowest BCUT2D eigenvalue weighted by molar-refractivity contribution is -0.385. The van der Waals surface area contributed by atoms with Crippen LogP contribution in [-0.4, -0.2) is 24.2 Å². The number of amides is 1. The molecule has 1 N–H and O–H groups in total. The van der Waals surface area contributed by atoms with Crippen LogP contribution >= 0.6 is 0 Å². The lowest BCUT2D eigenvalue weighted by Gasteiger charge is -2.16. The number of para-hydroxylation sites is 1. The average Bonchev–Trinajstić information content (AvgIpc) is 2.84. The number of nitro groups is 1. The molecule has 0 aliphatic carbocycles. The van der Waals surface area contributed by atoms with Gasteiger partial charge < -0.3 is 9.47 Å². The van der Waals surface area contributed by atoms with Crippen LogP contribution in [0.15, 0.2) is 84.5 Å². The fourth-order valence-corrected chi connectivity index (χ4v) is 3.34. The molecule has 174 valence electrons.